The molecular weight excluding hydrogens is 459 g/mol. The Kier molecular flexibility index (Phi) is 9.90. The summed E-state index contributed by atoms with van der Waals surface area (Å²) in [7, 11) is 5.50. The molecule has 150 valence electrons. The van der Waals surface area contributed by atoms with Crippen molar-refractivity contribution in [2.45, 2.75) is 26.5 Å². The second kappa shape index (κ2) is 11.6. The molecule has 0 aliphatic heterocycles. The van der Waals surface area contributed by atoms with Gasteiger partial charge in [0.05, 0.1) is 20.2 Å². The number of methoxy groups -OCH3 is 1. The number of ether oxygens (including phenoxy) is 2. The summed E-state index contributed by atoms with van der Waals surface area (Å²) in [6.07, 6.45) is 1.50. The highest BCUT2D eigenvalue weighted by Crippen LogP contribution is 2.18. The van der Waals surface area contributed by atoms with E-state index in [-0.39, 0.29) is 30.1 Å². The third-order valence-corrected chi connectivity index (χ3v) is 3.78. The molecule has 9 heteroatoms. The van der Waals surface area contributed by atoms with Crippen LogP contribution in [0, 0.1) is 0 Å². The summed E-state index contributed by atoms with van der Waals surface area (Å²) < 4.78 is 12.8. The highest BCUT2D eigenvalue weighted by atomic mass is 127. The molecule has 1 unspecified atom stereocenters. The molecule has 1 atom stereocenters. The summed E-state index contributed by atoms with van der Waals surface area (Å²) in [6.45, 7) is 5.99. The largest absolute Gasteiger partial charge is 0.497 e. The third-order valence-electron chi connectivity index (χ3n) is 3.78. The lowest BCUT2D eigenvalue weighted by molar-refractivity contribution is 0.229. The van der Waals surface area contributed by atoms with Gasteiger partial charge in [-0.2, -0.15) is 5.10 Å². The van der Waals surface area contributed by atoms with Crippen LogP contribution in [-0.4, -0.2) is 59.0 Å². The Labute approximate surface area is 178 Å². The van der Waals surface area contributed by atoms with Crippen molar-refractivity contribution in [2.24, 2.45) is 12.0 Å². The van der Waals surface area contributed by atoms with Crippen molar-refractivity contribution in [1.29, 1.82) is 0 Å². The van der Waals surface area contributed by atoms with Crippen molar-refractivity contribution >= 4 is 29.9 Å². The van der Waals surface area contributed by atoms with Crippen LogP contribution >= 0.6 is 24.0 Å². The van der Waals surface area contributed by atoms with Crippen LogP contribution in [0.2, 0.25) is 0 Å². The highest BCUT2D eigenvalue weighted by Gasteiger charge is 2.11. The first-order chi connectivity index (χ1) is 12.5. The Hall–Kier alpha value is -2.04. The van der Waals surface area contributed by atoms with E-state index in [0.717, 1.165) is 29.8 Å². The predicted octanol–water partition coefficient (Wildman–Crippen LogP) is 2.31. The van der Waals surface area contributed by atoms with E-state index in [1.165, 1.54) is 0 Å². The number of aromatic nitrogens is 3. The number of aliphatic imine (C=N–C) groups is 1. The maximum Gasteiger partial charge on any atom is 0.194 e. The van der Waals surface area contributed by atoms with Gasteiger partial charge in [-0.15, -0.1) is 24.0 Å². The second-order valence-electron chi connectivity index (χ2n) is 5.95. The maximum atomic E-state index is 5.91. The number of hydrogen-bond acceptors (Lipinski definition) is 5. The second-order valence-corrected chi connectivity index (χ2v) is 5.95. The average Bonchev–Trinajstić information content (AvgIpc) is 3.04. The molecule has 0 fully saturated rings. The van der Waals surface area contributed by atoms with E-state index in [1.807, 2.05) is 57.1 Å². The lowest BCUT2D eigenvalue weighted by Gasteiger charge is -2.22. The molecule has 27 heavy (non-hydrogen) atoms. The van der Waals surface area contributed by atoms with Gasteiger partial charge in [-0.3, -0.25) is 4.68 Å². The van der Waals surface area contributed by atoms with Gasteiger partial charge in [0.25, 0.3) is 0 Å². The number of rotatable bonds is 8. The first kappa shape index (κ1) is 23.0. The van der Waals surface area contributed by atoms with E-state index in [9.17, 15) is 0 Å². The quantitative estimate of drug-likeness (QED) is 0.349. The van der Waals surface area contributed by atoms with E-state index in [1.54, 1.807) is 18.1 Å². The molecule has 0 bridgehead atoms. The van der Waals surface area contributed by atoms with Crippen molar-refractivity contribution in [3.63, 3.8) is 0 Å². The highest BCUT2D eigenvalue weighted by molar-refractivity contribution is 14.0. The van der Waals surface area contributed by atoms with Gasteiger partial charge in [-0.25, -0.2) is 9.98 Å². The molecule has 0 spiro atoms. The van der Waals surface area contributed by atoms with Gasteiger partial charge >= 0.3 is 0 Å². The van der Waals surface area contributed by atoms with Crippen LogP contribution in [-0.2, 0) is 13.6 Å². The molecule has 0 radical (unpaired) electrons. The lowest BCUT2D eigenvalue weighted by atomic mass is 10.3. The zero-order valence-electron chi connectivity index (χ0n) is 16.5. The fourth-order valence-corrected chi connectivity index (χ4v) is 2.36. The number of hydrogen-bond donors (Lipinski definition) is 1. The molecule has 2 rings (SSSR count). The number of halogens is 1. The van der Waals surface area contributed by atoms with Gasteiger partial charge in [0.1, 0.15) is 29.8 Å². The third kappa shape index (κ3) is 7.24. The van der Waals surface area contributed by atoms with Crippen molar-refractivity contribution < 1.29 is 9.47 Å². The first-order valence-electron chi connectivity index (χ1n) is 8.66. The maximum absolute atomic E-state index is 5.91. The Morgan fingerprint density at radius 1 is 1.30 bits per heavy atom. The molecule has 1 aromatic heterocycles. The summed E-state index contributed by atoms with van der Waals surface area (Å²) >= 11 is 0. The summed E-state index contributed by atoms with van der Waals surface area (Å²) in [5.41, 5.74) is 0. The van der Waals surface area contributed by atoms with Crippen LogP contribution in [0.25, 0.3) is 0 Å². The molecular formula is C18H29IN6O2. The fraction of sp³-hybridized carbons (Fsp3) is 0.500. The van der Waals surface area contributed by atoms with Crippen molar-refractivity contribution in [1.82, 2.24) is 25.0 Å². The number of nitrogens with zero attached hydrogens (tertiary/aromatic N) is 5. The Balaban J connectivity index is 0.00000364. The Bertz CT molecular complexity index is 704. The summed E-state index contributed by atoms with van der Waals surface area (Å²) in [5, 5.41) is 7.39. The Morgan fingerprint density at radius 3 is 2.52 bits per heavy atom. The minimum Gasteiger partial charge on any atom is -0.497 e. The Morgan fingerprint density at radius 2 is 1.96 bits per heavy atom. The number of guanidine groups is 1. The fourth-order valence-electron chi connectivity index (χ4n) is 2.36. The van der Waals surface area contributed by atoms with Crippen molar-refractivity contribution in [2.75, 3.05) is 27.2 Å². The van der Waals surface area contributed by atoms with Gasteiger partial charge < -0.3 is 19.7 Å². The molecule has 1 aromatic carbocycles. The lowest BCUT2D eigenvalue weighted by Crippen LogP contribution is -2.39. The zero-order valence-corrected chi connectivity index (χ0v) is 18.9. The molecule has 0 amide bonds. The van der Waals surface area contributed by atoms with Crippen LogP contribution in [0.15, 0.2) is 35.6 Å². The smallest absolute Gasteiger partial charge is 0.194 e. The monoisotopic (exact) mass is 488 g/mol. The molecule has 2 aromatic rings. The van der Waals surface area contributed by atoms with Crippen molar-refractivity contribution in [3.8, 4) is 11.5 Å². The molecule has 0 saturated heterocycles. The molecule has 1 heterocycles. The van der Waals surface area contributed by atoms with Crippen LogP contribution in [0.5, 0.6) is 11.5 Å². The van der Waals surface area contributed by atoms with Crippen LogP contribution in [0.1, 0.15) is 19.7 Å². The van der Waals surface area contributed by atoms with Gasteiger partial charge in [0, 0.05) is 20.6 Å². The van der Waals surface area contributed by atoms with E-state index in [4.69, 9.17) is 9.47 Å². The molecule has 0 aliphatic carbocycles. The van der Waals surface area contributed by atoms with Gasteiger partial charge in [-0.05, 0) is 38.1 Å². The molecule has 0 saturated carbocycles. The standard InChI is InChI=1S/C18H28N6O2.HI/c1-6-19-18(23(3)12-17-21-13-22-24(17)4)20-11-14(2)26-16-9-7-15(25-5)8-10-16;/h7-10,13-14H,6,11-12H2,1-5H3,(H,19,20);1H. The molecule has 0 aliphatic rings. The minimum absolute atomic E-state index is 0. The molecule has 8 nitrogen and oxygen atoms in total. The zero-order chi connectivity index (χ0) is 18.9. The summed E-state index contributed by atoms with van der Waals surface area (Å²) in [5.74, 6) is 3.29. The number of benzene rings is 1. The normalized spacial score (nSPS) is 12.1. The van der Waals surface area contributed by atoms with Gasteiger partial charge in [-0.1, -0.05) is 0 Å². The van der Waals surface area contributed by atoms with Crippen LogP contribution in [0.4, 0.5) is 0 Å². The average molecular weight is 488 g/mol. The van der Waals surface area contributed by atoms with E-state index < -0.39 is 0 Å². The first-order valence-corrected chi connectivity index (χ1v) is 8.66. The summed E-state index contributed by atoms with van der Waals surface area (Å²) in [6, 6.07) is 7.54. The minimum atomic E-state index is -0.0553. The van der Waals surface area contributed by atoms with Gasteiger partial charge in [0.2, 0.25) is 0 Å². The summed E-state index contributed by atoms with van der Waals surface area (Å²) in [4.78, 5) is 11.0. The van der Waals surface area contributed by atoms with E-state index in [0.29, 0.717) is 13.1 Å². The van der Waals surface area contributed by atoms with Crippen molar-refractivity contribution in [3.05, 3.63) is 36.4 Å². The molecule has 1 N–H and O–H groups in total. The van der Waals surface area contributed by atoms with Crippen LogP contribution in [0.3, 0.4) is 0 Å². The number of nitrogens with one attached hydrogen (secondary N) is 1. The van der Waals surface area contributed by atoms with Crippen LogP contribution < -0.4 is 14.8 Å². The predicted molar refractivity (Wildman–Crippen MR) is 117 cm³/mol. The van der Waals surface area contributed by atoms with Gasteiger partial charge in [0.15, 0.2) is 5.96 Å². The topological polar surface area (TPSA) is 76.8 Å². The number of aryl methyl sites for hydroxylation is 1. The van der Waals surface area contributed by atoms with E-state index >= 15 is 0 Å². The van der Waals surface area contributed by atoms with E-state index in [2.05, 4.69) is 20.4 Å². The SMILES string of the molecule is CCNC(=NCC(C)Oc1ccc(OC)cc1)N(C)Cc1ncnn1C.I.